The Hall–Kier alpha value is -1.35. The zero-order chi connectivity index (χ0) is 14.5. The fraction of sp³-hybridized carbons (Fsp3) is 0.267. The molecule has 0 radical (unpaired) electrons. The first-order valence-electron chi connectivity index (χ1n) is 6.18. The molecule has 0 aliphatic rings. The Morgan fingerprint density at radius 3 is 2.85 bits per heavy atom. The van der Waals surface area contributed by atoms with Gasteiger partial charge in [-0.3, -0.25) is 0 Å². The van der Waals surface area contributed by atoms with Crippen molar-refractivity contribution in [2.75, 3.05) is 7.11 Å². The van der Waals surface area contributed by atoms with E-state index in [9.17, 15) is 0 Å². The predicted octanol–water partition coefficient (Wildman–Crippen LogP) is 4.24. The molecule has 0 aliphatic carbocycles. The lowest BCUT2D eigenvalue weighted by Gasteiger charge is -2.15. The van der Waals surface area contributed by atoms with Gasteiger partial charge in [0.2, 0.25) is 0 Å². The SMILES string of the molecule is COc1ccc(C(C)NCc2cc(C#N)cs2)cc1Br. The Bertz CT molecular complexity index is 633. The van der Waals surface area contributed by atoms with Crippen LogP contribution in [0.2, 0.25) is 0 Å². The fourth-order valence-corrected chi connectivity index (χ4v) is 3.17. The number of benzene rings is 1. The number of nitriles is 1. The van der Waals surface area contributed by atoms with Crippen LogP contribution in [0.1, 0.15) is 29.0 Å². The van der Waals surface area contributed by atoms with Crippen LogP contribution in [0.4, 0.5) is 0 Å². The monoisotopic (exact) mass is 350 g/mol. The van der Waals surface area contributed by atoms with Crippen molar-refractivity contribution in [3.8, 4) is 11.8 Å². The molecule has 1 aromatic heterocycles. The topological polar surface area (TPSA) is 45.0 Å². The molecule has 0 amide bonds. The quantitative estimate of drug-likeness (QED) is 0.876. The molecule has 0 spiro atoms. The first-order chi connectivity index (χ1) is 9.63. The third-order valence-electron chi connectivity index (χ3n) is 3.04. The highest BCUT2D eigenvalue weighted by Gasteiger charge is 2.09. The number of hydrogen-bond donors (Lipinski definition) is 1. The summed E-state index contributed by atoms with van der Waals surface area (Å²) in [4.78, 5) is 1.17. The minimum absolute atomic E-state index is 0.227. The number of hydrogen-bond acceptors (Lipinski definition) is 4. The van der Waals surface area contributed by atoms with Gasteiger partial charge in [0.05, 0.1) is 17.1 Å². The van der Waals surface area contributed by atoms with E-state index in [-0.39, 0.29) is 6.04 Å². The van der Waals surface area contributed by atoms with E-state index >= 15 is 0 Å². The van der Waals surface area contributed by atoms with Crippen molar-refractivity contribution in [1.29, 1.82) is 5.26 Å². The number of halogens is 1. The van der Waals surface area contributed by atoms with Gasteiger partial charge in [0, 0.05) is 22.8 Å². The number of thiophene rings is 1. The zero-order valence-corrected chi connectivity index (χ0v) is 13.7. The zero-order valence-electron chi connectivity index (χ0n) is 11.3. The van der Waals surface area contributed by atoms with Crippen LogP contribution >= 0.6 is 27.3 Å². The summed E-state index contributed by atoms with van der Waals surface area (Å²) in [6.07, 6.45) is 0. The minimum atomic E-state index is 0.227. The Labute approximate surface area is 131 Å². The molecule has 1 aromatic carbocycles. The van der Waals surface area contributed by atoms with Crippen molar-refractivity contribution in [3.05, 3.63) is 50.1 Å². The van der Waals surface area contributed by atoms with Crippen LogP contribution in [-0.2, 0) is 6.54 Å². The molecule has 0 saturated heterocycles. The Balaban J connectivity index is 1.99. The summed E-state index contributed by atoms with van der Waals surface area (Å²) in [5, 5.41) is 14.1. The van der Waals surface area contributed by atoms with Gasteiger partial charge in [0.15, 0.2) is 0 Å². The average molecular weight is 351 g/mol. The highest BCUT2D eigenvalue weighted by Crippen LogP contribution is 2.28. The second kappa shape index (κ2) is 6.89. The molecular weight excluding hydrogens is 336 g/mol. The van der Waals surface area contributed by atoms with Gasteiger partial charge < -0.3 is 10.1 Å². The third-order valence-corrected chi connectivity index (χ3v) is 4.60. The summed E-state index contributed by atoms with van der Waals surface area (Å²) in [6.45, 7) is 2.88. The van der Waals surface area contributed by atoms with Crippen LogP contribution in [0, 0.1) is 11.3 Å². The molecule has 2 aromatic rings. The minimum Gasteiger partial charge on any atom is -0.496 e. The lowest BCUT2D eigenvalue weighted by molar-refractivity contribution is 0.411. The van der Waals surface area contributed by atoms with Crippen LogP contribution in [-0.4, -0.2) is 7.11 Å². The molecule has 5 heteroatoms. The molecule has 3 nitrogen and oxygen atoms in total. The van der Waals surface area contributed by atoms with Crippen LogP contribution < -0.4 is 10.1 Å². The molecule has 0 saturated carbocycles. The summed E-state index contributed by atoms with van der Waals surface area (Å²) in [6, 6.07) is 10.4. The molecule has 104 valence electrons. The summed E-state index contributed by atoms with van der Waals surface area (Å²) in [5.41, 5.74) is 1.92. The van der Waals surface area contributed by atoms with Crippen molar-refractivity contribution in [2.24, 2.45) is 0 Å². The third kappa shape index (κ3) is 3.60. The maximum absolute atomic E-state index is 8.81. The number of methoxy groups -OCH3 is 1. The van der Waals surface area contributed by atoms with Gasteiger partial charge in [-0.25, -0.2) is 0 Å². The van der Waals surface area contributed by atoms with Crippen LogP contribution in [0.5, 0.6) is 5.75 Å². The molecule has 0 bridgehead atoms. The standard InChI is InChI=1S/C15H15BrN2OS/c1-10(12-3-4-15(19-2)14(16)6-12)18-8-13-5-11(7-17)9-20-13/h3-6,9-10,18H,8H2,1-2H3. The van der Waals surface area contributed by atoms with Crippen molar-refractivity contribution in [3.63, 3.8) is 0 Å². The first kappa shape index (κ1) is 15.0. The largest absolute Gasteiger partial charge is 0.496 e. The van der Waals surface area contributed by atoms with Crippen molar-refractivity contribution >= 4 is 27.3 Å². The van der Waals surface area contributed by atoms with E-state index in [1.54, 1.807) is 18.4 Å². The molecule has 0 aliphatic heterocycles. The van der Waals surface area contributed by atoms with Crippen molar-refractivity contribution in [1.82, 2.24) is 5.32 Å². The molecule has 1 atom stereocenters. The highest BCUT2D eigenvalue weighted by molar-refractivity contribution is 9.10. The van der Waals surface area contributed by atoms with E-state index in [4.69, 9.17) is 10.00 Å². The lowest BCUT2D eigenvalue weighted by Crippen LogP contribution is -2.17. The van der Waals surface area contributed by atoms with E-state index in [1.165, 1.54) is 10.4 Å². The van der Waals surface area contributed by atoms with Gasteiger partial charge >= 0.3 is 0 Å². The Morgan fingerprint density at radius 1 is 1.45 bits per heavy atom. The van der Waals surface area contributed by atoms with Gasteiger partial charge in [-0.15, -0.1) is 11.3 Å². The molecule has 1 heterocycles. The molecule has 0 fully saturated rings. The summed E-state index contributed by atoms with van der Waals surface area (Å²) in [7, 11) is 1.66. The van der Waals surface area contributed by atoms with Gasteiger partial charge in [0.1, 0.15) is 11.8 Å². The van der Waals surface area contributed by atoms with Crippen LogP contribution in [0.3, 0.4) is 0 Å². The number of rotatable bonds is 5. The molecule has 1 N–H and O–H groups in total. The van der Waals surface area contributed by atoms with Crippen molar-refractivity contribution < 1.29 is 4.74 Å². The molecule has 2 rings (SSSR count). The smallest absolute Gasteiger partial charge is 0.133 e. The highest BCUT2D eigenvalue weighted by atomic mass is 79.9. The number of ether oxygens (including phenoxy) is 1. The molecular formula is C15H15BrN2OS. The lowest BCUT2D eigenvalue weighted by atomic mass is 10.1. The predicted molar refractivity (Wildman–Crippen MR) is 85.0 cm³/mol. The normalized spacial score (nSPS) is 11.9. The molecule has 20 heavy (non-hydrogen) atoms. The van der Waals surface area contributed by atoms with Crippen LogP contribution in [0.15, 0.2) is 34.1 Å². The van der Waals surface area contributed by atoms with Crippen molar-refractivity contribution in [2.45, 2.75) is 19.5 Å². The number of nitrogens with one attached hydrogen (secondary N) is 1. The van der Waals surface area contributed by atoms with Gasteiger partial charge in [0.25, 0.3) is 0 Å². The fourth-order valence-electron chi connectivity index (χ4n) is 1.86. The van der Waals surface area contributed by atoms with Crippen LogP contribution in [0.25, 0.3) is 0 Å². The molecule has 1 unspecified atom stereocenters. The second-order valence-corrected chi connectivity index (χ2v) is 6.26. The maximum Gasteiger partial charge on any atom is 0.133 e. The maximum atomic E-state index is 8.81. The van der Waals surface area contributed by atoms with E-state index in [2.05, 4.69) is 46.4 Å². The summed E-state index contributed by atoms with van der Waals surface area (Å²) in [5.74, 6) is 0.831. The average Bonchev–Trinajstić information content (AvgIpc) is 2.92. The van der Waals surface area contributed by atoms with Gasteiger partial charge in [-0.2, -0.15) is 5.26 Å². The summed E-state index contributed by atoms with van der Waals surface area (Å²) < 4.78 is 6.18. The van der Waals surface area contributed by atoms with E-state index in [1.807, 2.05) is 17.5 Å². The van der Waals surface area contributed by atoms with E-state index in [0.717, 1.165) is 22.3 Å². The summed E-state index contributed by atoms with van der Waals surface area (Å²) >= 11 is 5.10. The van der Waals surface area contributed by atoms with Gasteiger partial charge in [-0.05, 0) is 46.6 Å². The van der Waals surface area contributed by atoms with Gasteiger partial charge in [-0.1, -0.05) is 6.07 Å². The first-order valence-corrected chi connectivity index (χ1v) is 7.85. The Kier molecular flexibility index (Phi) is 5.18. The Morgan fingerprint density at radius 2 is 2.25 bits per heavy atom. The second-order valence-electron chi connectivity index (χ2n) is 4.41. The number of nitrogens with zero attached hydrogens (tertiary/aromatic N) is 1. The van der Waals surface area contributed by atoms with E-state index < -0.39 is 0 Å². The van der Waals surface area contributed by atoms with E-state index in [0.29, 0.717) is 0 Å².